The molecule has 2 aliphatic heterocycles. The van der Waals surface area contributed by atoms with Crippen LogP contribution >= 0.6 is 0 Å². The molecule has 1 amide bonds. The Balaban J connectivity index is 1.58. The highest BCUT2D eigenvalue weighted by molar-refractivity contribution is 6.15. The minimum absolute atomic E-state index is 0.0193. The first-order valence-corrected chi connectivity index (χ1v) is 9.73. The van der Waals surface area contributed by atoms with Gasteiger partial charge in [-0.25, -0.2) is 9.59 Å². The third-order valence-electron chi connectivity index (χ3n) is 4.82. The molecule has 0 saturated carbocycles. The molecule has 0 radical (unpaired) electrons. The number of hydrogen-bond donors (Lipinski definition) is 1. The number of benzene rings is 1. The van der Waals surface area contributed by atoms with Crippen LogP contribution < -0.4 is 10.2 Å². The fourth-order valence-electron chi connectivity index (χ4n) is 3.25. The van der Waals surface area contributed by atoms with Crippen LogP contribution in [-0.4, -0.2) is 54.7 Å². The van der Waals surface area contributed by atoms with Crippen molar-refractivity contribution in [3.8, 4) is 0 Å². The second-order valence-corrected chi connectivity index (χ2v) is 7.90. The summed E-state index contributed by atoms with van der Waals surface area (Å²) >= 11 is 0. The monoisotopic (exact) mass is 401 g/mol. The van der Waals surface area contributed by atoms with E-state index in [-0.39, 0.29) is 17.4 Å². The van der Waals surface area contributed by atoms with Crippen molar-refractivity contribution in [2.45, 2.75) is 33.5 Å². The fraction of sp³-hybridized carbons (Fsp3) is 0.476. The molecule has 2 aliphatic rings. The van der Waals surface area contributed by atoms with Crippen molar-refractivity contribution in [3.05, 3.63) is 36.0 Å². The molecule has 0 unspecified atom stereocenters. The quantitative estimate of drug-likeness (QED) is 0.470. The predicted octanol–water partition coefficient (Wildman–Crippen LogP) is 2.12. The zero-order valence-electron chi connectivity index (χ0n) is 17.2. The molecule has 8 heteroatoms. The van der Waals surface area contributed by atoms with Gasteiger partial charge in [0, 0.05) is 63.5 Å². The number of nitrogens with zero attached hydrogens (tertiary/aromatic N) is 2. The number of amides is 1. The maximum absolute atomic E-state index is 12.1. The Morgan fingerprint density at radius 1 is 1.03 bits per heavy atom. The highest BCUT2D eigenvalue weighted by Gasteiger charge is 2.38. The number of esters is 2. The van der Waals surface area contributed by atoms with E-state index < -0.39 is 17.7 Å². The number of rotatable bonds is 4. The van der Waals surface area contributed by atoms with Gasteiger partial charge in [0.25, 0.3) is 5.79 Å². The molecule has 0 spiro atoms. The summed E-state index contributed by atoms with van der Waals surface area (Å²) in [6.07, 6.45) is 1.30. The number of piperazine rings is 1. The van der Waals surface area contributed by atoms with Gasteiger partial charge in [-0.1, -0.05) is 13.8 Å². The zero-order chi connectivity index (χ0) is 21.2. The van der Waals surface area contributed by atoms with E-state index >= 15 is 0 Å². The topological polar surface area (TPSA) is 88.2 Å². The van der Waals surface area contributed by atoms with E-state index in [9.17, 15) is 14.4 Å². The number of ether oxygens (including phenoxy) is 2. The lowest BCUT2D eigenvalue weighted by Crippen LogP contribution is -2.49. The molecule has 8 nitrogen and oxygen atoms in total. The smallest absolute Gasteiger partial charge is 0.350 e. The van der Waals surface area contributed by atoms with Gasteiger partial charge in [0.15, 0.2) is 5.57 Å². The van der Waals surface area contributed by atoms with Crippen LogP contribution in [0.3, 0.4) is 0 Å². The number of carbonyl (C=O) groups excluding carboxylic acids is 3. The van der Waals surface area contributed by atoms with E-state index in [1.165, 1.54) is 20.0 Å². The van der Waals surface area contributed by atoms with Crippen molar-refractivity contribution in [2.75, 3.05) is 36.4 Å². The van der Waals surface area contributed by atoms with Crippen molar-refractivity contribution in [1.82, 2.24) is 4.90 Å². The average molecular weight is 401 g/mol. The Hall–Kier alpha value is -3.03. The summed E-state index contributed by atoms with van der Waals surface area (Å²) in [5.41, 5.74) is 1.60. The van der Waals surface area contributed by atoms with Gasteiger partial charge in [-0.3, -0.25) is 4.79 Å². The molecule has 3 rings (SSSR count). The van der Waals surface area contributed by atoms with E-state index in [0.29, 0.717) is 13.1 Å². The Bertz CT molecular complexity index is 799. The lowest BCUT2D eigenvalue weighted by molar-refractivity contribution is -0.222. The van der Waals surface area contributed by atoms with Gasteiger partial charge in [-0.2, -0.15) is 0 Å². The second kappa shape index (κ2) is 8.14. The molecule has 0 aromatic heterocycles. The standard InChI is InChI=1S/C21H27N3O5/c1-14(2)18(25)24-11-9-23(10-12-24)16-7-5-15(6-8-16)22-13-17-19(26)28-21(3,4)29-20(17)27/h5-8,13-14,22H,9-12H2,1-4H3. The summed E-state index contributed by atoms with van der Waals surface area (Å²) in [6.45, 7) is 9.83. The van der Waals surface area contributed by atoms with Crippen LogP contribution in [0.15, 0.2) is 36.0 Å². The van der Waals surface area contributed by atoms with Crippen molar-refractivity contribution in [1.29, 1.82) is 0 Å². The molecule has 0 bridgehead atoms. The van der Waals surface area contributed by atoms with Gasteiger partial charge in [-0.15, -0.1) is 0 Å². The summed E-state index contributed by atoms with van der Waals surface area (Å²) in [5, 5.41) is 2.93. The van der Waals surface area contributed by atoms with Gasteiger partial charge < -0.3 is 24.6 Å². The van der Waals surface area contributed by atoms with E-state index in [2.05, 4.69) is 10.2 Å². The summed E-state index contributed by atoms with van der Waals surface area (Å²) in [5.74, 6) is -2.48. The third kappa shape index (κ3) is 4.88. The van der Waals surface area contributed by atoms with Crippen LogP contribution in [0, 0.1) is 5.92 Å². The Kier molecular flexibility index (Phi) is 5.81. The Labute approximate surface area is 170 Å². The number of carbonyl (C=O) groups is 3. The van der Waals surface area contributed by atoms with Crippen LogP contribution in [0.25, 0.3) is 0 Å². The highest BCUT2D eigenvalue weighted by Crippen LogP contribution is 2.24. The lowest BCUT2D eigenvalue weighted by Gasteiger charge is -2.37. The maximum atomic E-state index is 12.1. The normalized spacial score (nSPS) is 19.0. The molecule has 2 fully saturated rings. The molecular weight excluding hydrogens is 374 g/mol. The number of nitrogens with one attached hydrogen (secondary N) is 1. The number of anilines is 2. The molecule has 0 atom stereocenters. The predicted molar refractivity (Wildman–Crippen MR) is 108 cm³/mol. The molecule has 1 aromatic rings. The highest BCUT2D eigenvalue weighted by atomic mass is 16.7. The van der Waals surface area contributed by atoms with Crippen molar-refractivity contribution in [2.24, 2.45) is 5.92 Å². The van der Waals surface area contributed by atoms with E-state index in [4.69, 9.17) is 9.47 Å². The molecule has 1 N–H and O–H groups in total. The fourth-order valence-corrected chi connectivity index (χ4v) is 3.25. The van der Waals surface area contributed by atoms with Gasteiger partial charge in [0.2, 0.25) is 5.91 Å². The van der Waals surface area contributed by atoms with E-state index in [1.807, 2.05) is 43.0 Å². The van der Waals surface area contributed by atoms with Crippen molar-refractivity contribution in [3.63, 3.8) is 0 Å². The van der Waals surface area contributed by atoms with Gasteiger partial charge in [0.1, 0.15) is 0 Å². The molecule has 1 aromatic carbocycles. The van der Waals surface area contributed by atoms with Crippen LogP contribution in [0.1, 0.15) is 27.7 Å². The number of hydrogen-bond acceptors (Lipinski definition) is 7. The molecule has 29 heavy (non-hydrogen) atoms. The Morgan fingerprint density at radius 2 is 1.59 bits per heavy atom. The van der Waals surface area contributed by atoms with Crippen LogP contribution in [-0.2, 0) is 23.9 Å². The van der Waals surface area contributed by atoms with Crippen LogP contribution in [0.5, 0.6) is 0 Å². The molecule has 2 heterocycles. The molecule has 0 aliphatic carbocycles. The SMILES string of the molecule is CC(C)C(=O)N1CCN(c2ccc(NC=C3C(=O)OC(C)(C)OC3=O)cc2)CC1. The Morgan fingerprint density at radius 3 is 2.10 bits per heavy atom. The summed E-state index contributed by atoms with van der Waals surface area (Å²) in [6, 6.07) is 7.64. The van der Waals surface area contributed by atoms with Crippen LogP contribution in [0.4, 0.5) is 11.4 Å². The minimum atomic E-state index is -1.25. The third-order valence-corrected chi connectivity index (χ3v) is 4.82. The maximum Gasteiger partial charge on any atom is 0.350 e. The summed E-state index contributed by atoms with van der Waals surface area (Å²) in [7, 11) is 0. The first-order chi connectivity index (χ1) is 13.7. The largest absolute Gasteiger partial charge is 0.419 e. The first kappa shape index (κ1) is 20.7. The number of cyclic esters (lactones) is 2. The van der Waals surface area contributed by atoms with Crippen LogP contribution in [0.2, 0.25) is 0 Å². The van der Waals surface area contributed by atoms with Gasteiger partial charge >= 0.3 is 11.9 Å². The lowest BCUT2D eigenvalue weighted by atomic mass is 10.1. The van der Waals surface area contributed by atoms with Gasteiger partial charge in [-0.05, 0) is 24.3 Å². The van der Waals surface area contributed by atoms with E-state index in [1.54, 1.807) is 0 Å². The van der Waals surface area contributed by atoms with E-state index in [0.717, 1.165) is 24.5 Å². The molecule has 156 valence electrons. The van der Waals surface area contributed by atoms with Crippen molar-refractivity contribution < 1.29 is 23.9 Å². The average Bonchev–Trinajstić information content (AvgIpc) is 2.66. The first-order valence-electron chi connectivity index (χ1n) is 9.73. The van der Waals surface area contributed by atoms with Gasteiger partial charge in [0.05, 0.1) is 0 Å². The minimum Gasteiger partial charge on any atom is -0.419 e. The molecule has 2 saturated heterocycles. The summed E-state index contributed by atoms with van der Waals surface area (Å²) in [4.78, 5) is 40.1. The van der Waals surface area contributed by atoms with Crippen molar-refractivity contribution >= 4 is 29.2 Å². The second-order valence-electron chi connectivity index (χ2n) is 7.90. The molecular formula is C21H27N3O5. The summed E-state index contributed by atoms with van der Waals surface area (Å²) < 4.78 is 10.1. The zero-order valence-corrected chi connectivity index (χ0v) is 17.2.